The number of aromatic nitrogens is 3. The number of hydrogen-bond acceptors (Lipinski definition) is 6. The van der Waals surface area contributed by atoms with Crippen LogP contribution in [0.4, 0.5) is 9.93 Å². The van der Waals surface area contributed by atoms with Crippen molar-refractivity contribution in [2.45, 2.75) is 65.0 Å². The van der Waals surface area contributed by atoms with Crippen LogP contribution in [0.15, 0.2) is 6.20 Å². The highest BCUT2D eigenvalue weighted by Gasteiger charge is 2.25. The van der Waals surface area contributed by atoms with Gasteiger partial charge in [-0.1, -0.05) is 32.1 Å². The van der Waals surface area contributed by atoms with Crippen molar-refractivity contribution in [3.05, 3.63) is 11.9 Å². The Morgan fingerprint density at radius 1 is 1.36 bits per heavy atom. The average Bonchev–Trinajstić information content (AvgIpc) is 3.05. The summed E-state index contributed by atoms with van der Waals surface area (Å²) in [6, 6.07) is 0.320. The Labute approximate surface area is 152 Å². The smallest absolute Gasteiger partial charge is 0.410 e. The van der Waals surface area contributed by atoms with E-state index in [0.29, 0.717) is 19.1 Å². The number of fused-ring (bicyclic) bond motifs is 1. The second-order valence-electron chi connectivity index (χ2n) is 7.85. The lowest BCUT2D eigenvalue weighted by atomic mass is 9.93. The summed E-state index contributed by atoms with van der Waals surface area (Å²) in [4.78, 5) is 19.3. The predicted octanol–water partition coefficient (Wildman–Crippen LogP) is 3.51. The van der Waals surface area contributed by atoms with Gasteiger partial charge in [0.25, 0.3) is 0 Å². The molecule has 1 N–H and O–H groups in total. The first-order valence-corrected chi connectivity index (χ1v) is 9.63. The van der Waals surface area contributed by atoms with Gasteiger partial charge in [0.2, 0.25) is 10.1 Å². The zero-order chi connectivity index (χ0) is 18.2. The molecule has 0 aliphatic carbocycles. The highest BCUT2D eigenvalue weighted by molar-refractivity contribution is 7.20. The fraction of sp³-hybridized carbons (Fsp3) is 0.706. The zero-order valence-corrected chi connectivity index (χ0v) is 16.4. The number of likely N-dealkylation sites (tertiary alicyclic amines) is 1. The Kier molecular flexibility index (Phi) is 4.90. The number of nitrogens with one attached hydrogen (secondary N) is 1. The van der Waals surface area contributed by atoms with E-state index in [1.165, 1.54) is 0 Å². The van der Waals surface area contributed by atoms with Crippen molar-refractivity contribution in [3.63, 3.8) is 0 Å². The molecule has 0 aromatic carbocycles. The summed E-state index contributed by atoms with van der Waals surface area (Å²) in [7, 11) is 0. The molecule has 1 amide bonds. The van der Waals surface area contributed by atoms with Gasteiger partial charge < -0.3 is 15.0 Å². The van der Waals surface area contributed by atoms with Crippen LogP contribution in [0.1, 0.15) is 53.2 Å². The van der Waals surface area contributed by atoms with Crippen LogP contribution in [-0.4, -0.2) is 50.8 Å². The maximum absolute atomic E-state index is 11.9. The summed E-state index contributed by atoms with van der Waals surface area (Å²) in [5.74, 6) is 0. The van der Waals surface area contributed by atoms with E-state index in [1.807, 2.05) is 24.6 Å². The third kappa shape index (κ3) is 4.23. The first-order chi connectivity index (χ1) is 11.7. The van der Waals surface area contributed by atoms with E-state index in [2.05, 4.69) is 36.2 Å². The summed E-state index contributed by atoms with van der Waals surface area (Å²) >= 11 is 1.57. The van der Waals surface area contributed by atoms with Gasteiger partial charge in [0.15, 0.2) is 0 Å². The van der Waals surface area contributed by atoms with Gasteiger partial charge >= 0.3 is 6.09 Å². The molecule has 0 bridgehead atoms. The summed E-state index contributed by atoms with van der Waals surface area (Å²) in [5.41, 5.74) is 1.08. The maximum Gasteiger partial charge on any atom is 0.410 e. The number of nitrogens with zero attached hydrogens (tertiary/aromatic N) is 4. The number of carbonyl (C=O) groups is 1. The number of amides is 1. The molecular formula is C17H27N5O2S. The second-order valence-corrected chi connectivity index (χ2v) is 8.80. The van der Waals surface area contributed by atoms with Gasteiger partial charge in [-0.2, -0.15) is 0 Å². The average molecular weight is 366 g/mol. The molecule has 1 aliphatic rings. The molecule has 2 aromatic heterocycles. The van der Waals surface area contributed by atoms with E-state index in [1.54, 1.807) is 16.2 Å². The van der Waals surface area contributed by atoms with Crippen molar-refractivity contribution >= 4 is 27.5 Å². The standard InChI is InChI=1S/C17H27N5O2S/c1-11(2)24-16(23)21-8-6-12(7-9-21)18-14-20-22-10-13(17(3,4)5)19-15(22)25-14/h10-12H,6-9H2,1-5H3,(H,18,20). The van der Waals surface area contributed by atoms with Crippen LogP contribution < -0.4 is 5.32 Å². The number of carbonyl (C=O) groups excluding carboxylic acids is 1. The third-order valence-electron chi connectivity index (χ3n) is 4.23. The van der Waals surface area contributed by atoms with Crippen molar-refractivity contribution in [3.8, 4) is 0 Å². The number of anilines is 1. The second kappa shape index (κ2) is 6.82. The number of ether oxygens (including phenoxy) is 1. The van der Waals surface area contributed by atoms with Crippen LogP contribution >= 0.6 is 11.3 Å². The molecule has 1 fully saturated rings. The quantitative estimate of drug-likeness (QED) is 0.901. The minimum atomic E-state index is -0.212. The Balaban J connectivity index is 1.56. The predicted molar refractivity (Wildman–Crippen MR) is 99.4 cm³/mol. The monoisotopic (exact) mass is 365 g/mol. The molecule has 1 aliphatic heterocycles. The van der Waals surface area contributed by atoms with E-state index < -0.39 is 0 Å². The molecule has 1 saturated heterocycles. The van der Waals surface area contributed by atoms with E-state index in [9.17, 15) is 4.79 Å². The highest BCUT2D eigenvalue weighted by Crippen LogP contribution is 2.27. The zero-order valence-electron chi connectivity index (χ0n) is 15.6. The fourth-order valence-corrected chi connectivity index (χ4v) is 3.64. The topological polar surface area (TPSA) is 71.8 Å². The van der Waals surface area contributed by atoms with Gasteiger partial charge in [0.1, 0.15) is 0 Å². The summed E-state index contributed by atoms with van der Waals surface area (Å²) < 4.78 is 7.11. The van der Waals surface area contributed by atoms with Crippen LogP contribution in [0.25, 0.3) is 4.96 Å². The van der Waals surface area contributed by atoms with Crippen molar-refractivity contribution in [1.29, 1.82) is 0 Å². The van der Waals surface area contributed by atoms with E-state index in [-0.39, 0.29) is 17.6 Å². The highest BCUT2D eigenvalue weighted by atomic mass is 32.1. The lowest BCUT2D eigenvalue weighted by molar-refractivity contribution is 0.0701. The molecule has 0 radical (unpaired) electrons. The SMILES string of the molecule is CC(C)OC(=O)N1CCC(Nc2nn3cc(C(C)(C)C)nc3s2)CC1. The largest absolute Gasteiger partial charge is 0.447 e. The fourth-order valence-electron chi connectivity index (χ4n) is 2.78. The van der Waals surface area contributed by atoms with Crippen molar-refractivity contribution in [2.75, 3.05) is 18.4 Å². The van der Waals surface area contributed by atoms with Gasteiger partial charge in [0.05, 0.1) is 18.0 Å². The number of imidazole rings is 1. The van der Waals surface area contributed by atoms with Crippen molar-refractivity contribution < 1.29 is 9.53 Å². The first-order valence-electron chi connectivity index (χ1n) is 8.81. The lowest BCUT2D eigenvalue weighted by Crippen LogP contribution is -2.43. The summed E-state index contributed by atoms with van der Waals surface area (Å²) in [6.07, 6.45) is 3.50. The normalized spacial score (nSPS) is 16.6. The minimum absolute atomic E-state index is 0.0262. The van der Waals surface area contributed by atoms with E-state index in [4.69, 9.17) is 4.74 Å². The van der Waals surface area contributed by atoms with Crippen LogP contribution in [0, 0.1) is 0 Å². The molecule has 8 heteroatoms. The first kappa shape index (κ1) is 18.0. The van der Waals surface area contributed by atoms with Crippen LogP contribution in [0.2, 0.25) is 0 Å². The Morgan fingerprint density at radius 3 is 2.60 bits per heavy atom. The summed E-state index contributed by atoms with van der Waals surface area (Å²) in [6.45, 7) is 11.6. The molecule has 2 aromatic rings. The van der Waals surface area contributed by atoms with Crippen LogP contribution in [-0.2, 0) is 10.2 Å². The molecule has 0 spiro atoms. The molecule has 3 heterocycles. The maximum atomic E-state index is 11.9. The van der Waals surface area contributed by atoms with Crippen molar-refractivity contribution in [2.24, 2.45) is 0 Å². The van der Waals surface area contributed by atoms with E-state index >= 15 is 0 Å². The van der Waals surface area contributed by atoms with Crippen LogP contribution in [0.5, 0.6) is 0 Å². The third-order valence-corrected chi connectivity index (χ3v) is 5.08. The molecular weight excluding hydrogens is 338 g/mol. The number of piperidine rings is 1. The molecule has 3 rings (SSSR count). The van der Waals surface area contributed by atoms with Gasteiger partial charge in [-0.3, -0.25) is 0 Å². The van der Waals surface area contributed by atoms with Gasteiger partial charge in [-0.05, 0) is 26.7 Å². The number of hydrogen-bond donors (Lipinski definition) is 1. The van der Waals surface area contributed by atoms with Crippen LogP contribution in [0.3, 0.4) is 0 Å². The lowest BCUT2D eigenvalue weighted by Gasteiger charge is -2.32. The minimum Gasteiger partial charge on any atom is -0.447 e. The summed E-state index contributed by atoms with van der Waals surface area (Å²) in [5, 5.41) is 8.95. The Morgan fingerprint density at radius 2 is 2.04 bits per heavy atom. The van der Waals surface area contributed by atoms with E-state index in [0.717, 1.165) is 28.6 Å². The molecule has 0 atom stereocenters. The van der Waals surface area contributed by atoms with Gasteiger partial charge in [-0.25, -0.2) is 14.3 Å². The Hall–Kier alpha value is -1.83. The molecule has 0 saturated carbocycles. The van der Waals surface area contributed by atoms with Crippen molar-refractivity contribution in [1.82, 2.24) is 19.5 Å². The molecule has 0 unspecified atom stereocenters. The molecule has 138 valence electrons. The van der Waals surface area contributed by atoms with Gasteiger partial charge in [-0.15, -0.1) is 5.10 Å². The Bertz CT molecular complexity index is 706. The molecule has 7 nitrogen and oxygen atoms in total. The number of rotatable bonds is 3. The van der Waals surface area contributed by atoms with Gasteiger partial charge in [0, 0.05) is 24.5 Å². The molecule has 25 heavy (non-hydrogen) atoms.